The third kappa shape index (κ3) is 2.82. The third-order valence-electron chi connectivity index (χ3n) is 3.56. The molecule has 1 heterocycles. The number of alkyl halides is 1. The zero-order valence-corrected chi connectivity index (χ0v) is 12.9. The summed E-state index contributed by atoms with van der Waals surface area (Å²) < 4.78 is 16.5. The van der Waals surface area contributed by atoms with Gasteiger partial charge in [0, 0.05) is 0 Å². The fourth-order valence-corrected chi connectivity index (χ4v) is 3.02. The van der Waals surface area contributed by atoms with Crippen LogP contribution in [-0.4, -0.2) is 33.0 Å². The van der Waals surface area contributed by atoms with Gasteiger partial charge in [0.05, 0.1) is 37.9 Å². The van der Waals surface area contributed by atoms with Crippen LogP contribution in [0.1, 0.15) is 10.4 Å². The minimum Gasteiger partial charge on any atom is -0.497 e. The maximum absolute atomic E-state index is 5.75. The molecule has 106 valence electrons. The molecule has 2 aromatic carbocycles. The highest BCUT2D eigenvalue weighted by Crippen LogP contribution is 2.32. The van der Waals surface area contributed by atoms with Crippen LogP contribution in [0, 0.1) is 0 Å². The predicted octanol–water partition coefficient (Wildman–Crippen LogP) is 3.70. The molecule has 3 nitrogen and oxygen atoms in total. The smallest absolute Gasteiger partial charge is 0.119 e. The van der Waals surface area contributed by atoms with Crippen molar-refractivity contribution in [2.75, 3.05) is 26.9 Å². The molecule has 1 aliphatic rings. The highest BCUT2D eigenvalue weighted by atomic mass is 79.9. The van der Waals surface area contributed by atoms with Crippen molar-refractivity contribution in [1.29, 1.82) is 0 Å². The topological polar surface area (TPSA) is 27.7 Å². The van der Waals surface area contributed by atoms with Gasteiger partial charge in [0.1, 0.15) is 5.75 Å². The molecule has 0 aromatic heterocycles. The standard InChI is InChI=1S/C16H17BrO3/c1-18-14-5-4-11-8-13(3-2-12(11)9-14)16(17)15-10-19-6-7-20-15/h2-5,8-9,15-16H,6-7,10H2,1H3. The molecule has 1 fully saturated rings. The molecular weight excluding hydrogens is 320 g/mol. The van der Waals surface area contributed by atoms with Crippen molar-refractivity contribution in [3.8, 4) is 5.75 Å². The van der Waals surface area contributed by atoms with Crippen LogP contribution in [0.25, 0.3) is 10.8 Å². The van der Waals surface area contributed by atoms with Gasteiger partial charge in [0.25, 0.3) is 0 Å². The number of hydrogen-bond acceptors (Lipinski definition) is 3. The van der Waals surface area contributed by atoms with Gasteiger partial charge in [-0.25, -0.2) is 0 Å². The van der Waals surface area contributed by atoms with E-state index in [1.807, 2.05) is 12.1 Å². The van der Waals surface area contributed by atoms with Crippen molar-refractivity contribution in [3.63, 3.8) is 0 Å². The zero-order valence-electron chi connectivity index (χ0n) is 11.3. The summed E-state index contributed by atoms with van der Waals surface area (Å²) in [5.74, 6) is 0.879. The van der Waals surface area contributed by atoms with Crippen LogP contribution < -0.4 is 4.74 Å². The Hall–Kier alpha value is -1.10. The average Bonchev–Trinajstić information content (AvgIpc) is 2.54. The molecule has 0 bridgehead atoms. The molecule has 0 radical (unpaired) electrons. The van der Waals surface area contributed by atoms with E-state index in [9.17, 15) is 0 Å². The highest BCUT2D eigenvalue weighted by Gasteiger charge is 2.24. The van der Waals surface area contributed by atoms with Gasteiger partial charge in [0.15, 0.2) is 0 Å². The Kier molecular flexibility index (Phi) is 4.24. The van der Waals surface area contributed by atoms with Gasteiger partial charge in [-0.15, -0.1) is 0 Å². The van der Waals surface area contributed by atoms with Crippen LogP contribution in [0.15, 0.2) is 36.4 Å². The van der Waals surface area contributed by atoms with Gasteiger partial charge in [-0.1, -0.05) is 34.1 Å². The summed E-state index contributed by atoms with van der Waals surface area (Å²) in [5.41, 5.74) is 1.21. The Morgan fingerprint density at radius 3 is 2.70 bits per heavy atom. The normalized spacial score (nSPS) is 20.8. The largest absolute Gasteiger partial charge is 0.497 e. The summed E-state index contributed by atoms with van der Waals surface area (Å²) in [6, 6.07) is 12.5. The monoisotopic (exact) mass is 336 g/mol. The molecule has 4 heteroatoms. The Bertz CT molecular complexity index is 593. The summed E-state index contributed by atoms with van der Waals surface area (Å²) in [6.07, 6.45) is 0.0689. The molecule has 0 N–H and O–H groups in total. The summed E-state index contributed by atoms with van der Waals surface area (Å²) >= 11 is 3.73. The Balaban J connectivity index is 1.88. The highest BCUT2D eigenvalue weighted by molar-refractivity contribution is 9.09. The molecular formula is C16H17BrO3. The second-order valence-corrected chi connectivity index (χ2v) is 5.84. The number of ether oxygens (including phenoxy) is 3. The molecule has 2 atom stereocenters. The first kappa shape index (κ1) is 13.9. The van der Waals surface area contributed by atoms with Gasteiger partial charge < -0.3 is 14.2 Å². The van der Waals surface area contributed by atoms with Gasteiger partial charge in [-0.3, -0.25) is 0 Å². The molecule has 20 heavy (non-hydrogen) atoms. The first-order valence-corrected chi connectivity index (χ1v) is 7.60. The lowest BCUT2D eigenvalue weighted by Gasteiger charge is -2.27. The van der Waals surface area contributed by atoms with E-state index in [-0.39, 0.29) is 10.9 Å². The molecule has 1 aliphatic heterocycles. The van der Waals surface area contributed by atoms with Crippen LogP contribution in [-0.2, 0) is 9.47 Å². The molecule has 0 aliphatic carbocycles. The van der Waals surface area contributed by atoms with Crippen molar-refractivity contribution >= 4 is 26.7 Å². The molecule has 3 rings (SSSR count). The van der Waals surface area contributed by atoms with Crippen molar-refractivity contribution < 1.29 is 14.2 Å². The summed E-state index contributed by atoms with van der Waals surface area (Å²) in [4.78, 5) is 0.148. The Morgan fingerprint density at radius 2 is 1.95 bits per heavy atom. The summed E-state index contributed by atoms with van der Waals surface area (Å²) in [6.45, 7) is 1.99. The van der Waals surface area contributed by atoms with E-state index in [0.29, 0.717) is 19.8 Å². The fraction of sp³-hybridized carbons (Fsp3) is 0.375. The van der Waals surface area contributed by atoms with Crippen LogP contribution >= 0.6 is 15.9 Å². The molecule has 0 spiro atoms. The lowest BCUT2D eigenvalue weighted by Crippen LogP contribution is -2.31. The second kappa shape index (κ2) is 6.12. The van der Waals surface area contributed by atoms with E-state index in [1.165, 1.54) is 16.3 Å². The fourth-order valence-electron chi connectivity index (χ4n) is 2.43. The number of benzene rings is 2. The van der Waals surface area contributed by atoms with Gasteiger partial charge in [-0.05, 0) is 34.5 Å². The third-order valence-corrected chi connectivity index (χ3v) is 4.68. The van der Waals surface area contributed by atoms with E-state index in [4.69, 9.17) is 14.2 Å². The van der Waals surface area contributed by atoms with Crippen molar-refractivity contribution in [2.24, 2.45) is 0 Å². The zero-order chi connectivity index (χ0) is 13.9. The number of methoxy groups -OCH3 is 1. The van der Waals surface area contributed by atoms with Crippen LogP contribution in [0.4, 0.5) is 0 Å². The lowest BCUT2D eigenvalue weighted by atomic mass is 10.0. The molecule has 0 saturated carbocycles. The predicted molar refractivity (Wildman–Crippen MR) is 82.7 cm³/mol. The molecule has 2 aromatic rings. The van der Waals surface area contributed by atoms with Crippen LogP contribution in [0.3, 0.4) is 0 Å². The summed E-state index contributed by atoms with van der Waals surface area (Å²) in [5, 5.41) is 2.37. The molecule has 0 amide bonds. The lowest BCUT2D eigenvalue weighted by molar-refractivity contribution is -0.0876. The maximum atomic E-state index is 5.75. The maximum Gasteiger partial charge on any atom is 0.119 e. The first-order valence-electron chi connectivity index (χ1n) is 6.69. The number of rotatable bonds is 3. The number of fused-ring (bicyclic) bond motifs is 1. The quantitative estimate of drug-likeness (QED) is 0.800. The van der Waals surface area contributed by atoms with E-state index in [2.05, 4.69) is 40.2 Å². The minimum atomic E-state index is 0.0689. The van der Waals surface area contributed by atoms with Crippen molar-refractivity contribution in [3.05, 3.63) is 42.0 Å². The van der Waals surface area contributed by atoms with E-state index in [1.54, 1.807) is 7.11 Å². The van der Waals surface area contributed by atoms with Gasteiger partial charge in [-0.2, -0.15) is 0 Å². The van der Waals surface area contributed by atoms with Crippen LogP contribution in [0.5, 0.6) is 5.75 Å². The van der Waals surface area contributed by atoms with Crippen molar-refractivity contribution in [2.45, 2.75) is 10.9 Å². The van der Waals surface area contributed by atoms with Crippen molar-refractivity contribution in [1.82, 2.24) is 0 Å². The molecule has 2 unspecified atom stereocenters. The van der Waals surface area contributed by atoms with E-state index in [0.717, 1.165) is 5.75 Å². The number of hydrogen-bond donors (Lipinski definition) is 0. The van der Waals surface area contributed by atoms with E-state index >= 15 is 0 Å². The van der Waals surface area contributed by atoms with Gasteiger partial charge >= 0.3 is 0 Å². The van der Waals surface area contributed by atoms with Crippen LogP contribution in [0.2, 0.25) is 0 Å². The van der Waals surface area contributed by atoms with Gasteiger partial charge in [0.2, 0.25) is 0 Å². The van der Waals surface area contributed by atoms with E-state index < -0.39 is 0 Å². The molecule has 1 saturated heterocycles. The second-order valence-electron chi connectivity index (χ2n) is 4.86. The first-order chi connectivity index (χ1) is 9.78. The number of halogens is 1. The minimum absolute atomic E-state index is 0.0689. The Labute approximate surface area is 127 Å². The SMILES string of the molecule is COc1ccc2cc(C(Br)C3COCCO3)ccc2c1. The Morgan fingerprint density at radius 1 is 1.15 bits per heavy atom. The average molecular weight is 337 g/mol. The summed E-state index contributed by atoms with van der Waals surface area (Å²) in [7, 11) is 1.68.